The Morgan fingerprint density at radius 2 is 2.27 bits per heavy atom. The Morgan fingerprint density at radius 3 is 2.73 bits per heavy atom. The maximum absolute atomic E-state index is 10.4. The fraction of sp³-hybridized carbons (Fsp3) is 0. The van der Waals surface area contributed by atoms with Gasteiger partial charge in [0.1, 0.15) is 4.60 Å². The number of nitrogens with two attached hydrogens (primary N) is 1. The van der Waals surface area contributed by atoms with E-state index in [-0.39, 0.29) is 5.69 Å². The number of halogens is 1. The fourth-order valence-electron chi connectivity index (χ4n) is 0.626. The molecule has 0 saturated carbocycles. The van der Waals surface area contributed by atoms with E-state index in [1.165, 1.54) is 12.1 Å². The van der Waals surface area contributed by atoms with Crippen molar-refractivity contribution < 1.29 is 9.90 Å². The van der Waals surface area contributed by atoms with Crippen LogP contribution >= 0.6 is 15.9 Å². The molecule has 0 aromatic carbocycles. The number of anilines is 1. The number of aromatic carboxylic acids is 1. The first kappa shape index (κ1) is 8.00. The molecule has 11 heavy (non-hydrogen) atoms. The van der Waals surface area contributed by atoms with Crippen LogP contribution in [0.25, 0.3) is 0 Å². The Balaban J connectivity index is 3.19. The van der Waals surface area contributed by atoms with Gasteiger partial charge in [0, 0.05) is 5.69 Å². The molecule has 0 atom stereocenters. The van der Waals surface area contributed by atoms with Gasteiger partial charge in [-0.15, -0.1) is 0 Å². The number of pyridine rings is 1. The van der Waals surface area contributed by atoms with E-state index in [9.17, 15) is 4.79 Å². The van der Waals surface area contributed by atoms with E-state index in [4.69, 9.17) is 10.8 Å². The van der Waals surface area contributed by atoms with Crippen LogP contribution in [0.5, 0.6) is 0 Å². The van der Waals surface area contributed by atoms with Crippen molar-refractivity contribution in [3.63, 3.8) is 0 Å². The van der Waals surface area contributed by atoms with Crippen molar-refractivity contribution in [1.29, 1.82) is 0 Å². The Labute approximate surface area is 71.2 Å². The van der Waals surface area contributed by atoms with Crippen LogP contribution in [-0.4, -0.2) is 16.1 Å². The topological polar surface area (TPSA) is 76.2 Å². The van der Waals surface area contributed by atoms with Crippen LogP contribution < -0.4 is 5.73 Å². The van der Waals surface area contributed by atoms with E-state index in [1.54, 1.807) is 0 Å². The Hall–Kier alpha value is -1.10. The van der Waals surface area contributed by atoms with Crippen molar-refractivity contribution in [3.05, 3.63) is 22.4 Å². The summed E-state index contributed by atoms with van der Waals surface area (Å²) in [6.07, 6.45) is 0. The second-order valence-corrected chi connectivity index (χ2v) is 2.73. The molecule has 3 N–H and O–H groups in total. The lowest BCUT2D eigenvalue weighted by Crippen LogP contribution is -2.01. The Morgan fingerprint density at radius 1 is 1.64 bits per heavy atom. The molecule has 58 valence electrons. The summed E-state index contributed by atoms with van der Waals surface area (Å²) in [4.78, 5) is 14.0. The second kappa shape index (κ2) is 2.87. The van der Waals surface area contributed by atoms with Gasteiger partial charge in [-0.25, -0.2) is 9.78 Å². The molecule has 0 aliphatic rings. The zero-order chi connectivity index (χ0) is 8.43. The summed E-state index contributed by atoms with van der Waals surface area (Å²) < 4.78 is 0.426. The molecule has 1 heterocycles. The molecule has 0 aliphatic carbocycles. The molecule has 0 radical (unpaired) electrons. The molecule has 0 aliphatic heterocycles. The van der Waals surface area contributed by atoms with Gasteiger partial charge in [-0.2, -0.15) is 0 Å². The van der Waals surface area contributed by atoms with Gasteiger partial charge < -0.3 is 10.8 Å². The van der Waals surface area contributed by atoms with E-state index in [0.717, 1.165) is 0 Å². The van der Waals surface area contributed by atoms with Crippen LogP contribution in [0.1, 0.15) is 10.5 Å². The van der Waals surface area contributed by atoms with Gasteiger partial charge >= 0.3 is 5.97 Å². The number of carboxylic acid groups (broad SMARTS) is 1. The Bertz CT molecular complexity index is 280. The summed E-state index contributed by atoms with van der Waals surface area (Å²) in [6.45, 7) is 0. The fourth-order valence-corrected chi connectivity index (χ4v) is 1.08. The van der Waals surface area contributed by atoms with Crippen molar-refractivity contribution in [3.8, 4) is 0 Å². The smallest absolute Gasteiger partial charge is 0.354 e. The maximum Gasteiger partial charge on any atom is 0.354 e. The van der Waals surface area contributed by atoms with E-state index < -0.39 is 5.97 Å². The summed E-state index contributed by atoms with van der Waals surface area (Å²) in [7, 11) is 0. The molecular formula is C6H5BrN2O2. The third-order valence-corrected chi connectivity index (χ3v) is 1.44. The lowest BCUT2D eigenvalue weighted by Gasteiger charge is -1.96. The molecule has 0 saturated heterocycles. The highest BCUT2D eigenvalue weighted by molar-refractivity contribution is 9.10. The predicted molar refractivity (Wildman–Crippen MR) is 43.3 cm³/mol. The van der Waals surface area contributed by atoms with E-state index in [2.05, 4.69) is 20.9 Å². The summed E-state index contributed by atoms with van der Waals surface area (Å²) in [5.74, 6) is -1.09. The molecule has 5 heteroatoms. The second-order valence-electron chi connectivity index (χ2n) is 1.91. The molecule has 4 nitrogen and oxygen atoms in total. The first-order valence-corrected chi connectivity index (χ1v) is 3.55. The van der Waals surface area contributed by atoms with Crippen molar-refractivity contribution in [2.24, 2.45) is 0 Å². The number of nitrogens with zero attached hydrogens (tertiary/aromatic N) is 1. The van der Waals surface area contributed by atoms with Crippen molar-refractivity contribution in [2.45, 2.75) is 0 Å². The van der Waals surface area contributed by atoms with Crippen molar-refractivity contribution in [1.82, 2.24) is 4.98 Å². The number of nitrogen functional groups attached to an aromatic ring is 1. The SMILES string of the molecule is Nc1cc(Br)nc(C(=O)O)c1. The average molecular weight is 217 g/mol. The molecule has 0 amide bonds. The monoisotopic (exact) mass is 216 g/mol. The third-order valence-electron chi connectivity index (χ3n) is 1.04. The summed E-state index contributed by atoms with van der Waals surface area (Å²) in [5.41, 5.74) is 5.68. The van der Waals surface area contributed by atoms with Gasteiger partial charge in [0.2, 0.25) is 0 Å². The van der Waals surface area contributed by atoms with E-state index in [0.29, 0.717) is 10.3 Å². The van der Waals surface area contributed by atoms with Gasteiger partial charge in [-0.1, -0.05) is 0 Å². The molecule has 1 aromatic heterocycles. The first-order valence-electron chi connectivity index (χ1n) is 2.76. The van der Waals surface area contributed by atoms with Crippen molar-refractivity contribution in [2.75, 3.05) is 5.73 Å². The first-order chi connectivity index (χ1) is 5.09. The van der Waals surface area contributed by atoms with Crippen LogP contribution in [-0.2, 0) is 0 Å². The van der Waals surface area contributed by atoms with Gasteiger partial charge in [0.15, 0.2) is 5.69 Å². The number of hydrogen-bond acceptors (Lipinski definition) is 3. The summed E-state index contributed by atoms with van der Waals surface area (Å²) in [5, 5.41) is 8.49. The largest absolute Gasteiger partial charge is 0.477 e. The predicted octanol–water partition coefficient (Wildman–Crippen LogP) is 1.12. The number of rotatable bonds is 1. The minimum atomic E-state index is -1.09. The average Bonchev–Trinajstić information content (AvgIpc) is 1.85. The van der Waals surface area contributed by atoms with Crippen molar-refractivity contribution >= 4 is 27.6 Å². The van der Waals surface area contributed by atoms with E-state index in [1.807, 2.05) is 0 Å². The highest BCUT2D eigenvalue weighted by Crippen LogP contribution is 2.12. The molecule has 0 spiro atoms. The van der Waals surface area contributed by atoms with Crippen LogP contribution in [0.4, 0.5) is 5.69 Å². The minimum absolute atomic E-state index is 0.0584. The Kier molecular flexibility index (Phi) is 2.09. The van der Waals surface area contributed by atoms with Gasteiger partial charge in [0.05, 0.1) is 0 Å². The highest BCUT2D eigenvalue weighted by atomic mass is 79.9. The van der Waals surface area contributed by atoms with Gasteiger partial charge in [-0.05, 0) is 28.1 Å². The maximum atomic E-state index is 10.4. The van der Waals surface area contributed by atoms with Crippen LogP contribution in [0.15, 0.2) is 16.7 Å². The quantitative estimate of drug-likeness (QED) is 0.691. The zero-order valence-corrected chi connectivity index (χ0v) is 7.00. The lowest BCUT2D eigenvalue weighted by molar-refractivity contribution is 0.0690. The summed E-state index contributed by atoms with van der Waals surface area (Å²) >= 11 is 3.03. The normalized spacial score (nSPS) is 9.55. The van der Waals surface area contributed by atoms with Crippen LogP contribution in [0.2, 0.25) is 0 Å². The number of hydrogen-bond donors (Lipinski definition) is 2. The summed E-state index contributed by atoms with van der Waals surface area (Å²) in [6, 6.07) is 2.83. The van der Waals surface area contributed by atoms with Crippen LogP contribution in [0.3, 0.4) is 0 Å². The molecule has 0 fully saturated rings. The lowest BCUT2D eigenvalue weighted by atomic mass is 10.3. The molecule has 1 aromatic rings. The molecule has 0 bridgehead atoms. The van der Waals surface area contributed by atoms with Crippen LogP contribution in [0, 0.1) is 0 Å². The number of aromatic nitrogens is 1. The molecular weight excluding hydrogens is 212 g/mol. The van der Waals surface area contributed by atoms with E-state index >= 15 is 0 Å². The minimum Gasteiger partial charge on any atom is -0.477 e. The number of carbonyl (C=O) groups is 1. The number of carboxylic acids is 1. The van der Waals surface area contributed by atoms with Gasteiger partial charge in [0.25, 0.3) is 0 Å². The zero-order valence-electron chi connectivity index (χ0n) is 5.41. The molecule has 0 unspecified atom stereocenters. The highest BCUT2D eigenvalue weighted by Gasteiger charge is 2.05. The standard InChI is InChI=1S/C6H5BrN2O2/c7-5-2-3(8)1-4(9-5)6(10)11/h1-2H,(H2,8,9)(H,10,11). The molecule has 1 rings (SSSR count). The third kappa shape index (κ3) is 1.91. The van der Waals surface area contributed by atoms with Gasteiger partial charge in [-0.3, -0.25) is 0 Å².